The zero-order chi connectivity index (χ0) is 18.1. The normalized spacial score (nSPS) is 25.5. The zero-order valence-electron chi connectivity index (χ0n) is 15.6. The van der Waals surface area contributed by atoms with E-state index in [0.29, 0.717) is 25.2 Å². The fraction of sp³-hybridized carbons (Fsp3) is 0.765. The molecule has 0 radical (unpaired) electrons. The summed E-state index contributed by atoms with van der Waals surface area (Å²) in [6.07, 6.45) is 5.61. The van der Waals surface area contributed by atoms with Crippen LogP contribution in [0.25, 0.3) is 0 Å². The Balaban J connectivity index is 1.56. The fourth-order valence-electron chi connectivity index (χ4n) is 3.18. The summed E-state index contributed by atoms with van der Waals surface area (Å²) in [5.41, 5.74) is 0.0190. The van der Waals surface area contributed by atoms with Crippen LogP contribution in [0.3, 0.4) is 0 Å². The van der Waals surface area contributed by atoms with Crippen molar-refractivity contribution < 1.29 is 19.2 Å². The van der Waals surface area contributed by atoms with Crippen molar-refractivity contribution in [3.8, 4) is 6.01 Å². The van der Waals surface area contributed by atoms with Gasteiger partial charge in [-0.1, -0.05) is 0 Å². The first kappa shape index (κ1) is 18.6. The smallest absolute Gasteiger partial charge is 0.462 e. The van der Waals surface area contributed by atoms with E-state index < -0.39 is 7.12 Å². The maximum Gasteiger partial charge on any atom is 0.498 e. The molecule has 1 atom stereocenters. The minimum absolute atomic E-state index is 0.176. The average Bonchev–Trinajstić information content (AvgIpc) is 3.08. The molecule has 0 bridgehead atoms. The van der Waals surface area contributed by atoms with Crippen molar-refractivity contribution in [3.63, 3.8) is 0 Å². The van der Waals surface area contributed by atoms with Gasteiger partial charge in [0.2, 0.25) is 0 Å². The highest BCUT2D eigenvalue weighted by atomic mass is 16.7. The second kappa shape index (κ2) is 7.19. The van der Waals surface area contributed by atoms with Crippen molar-refractivity contribution in [3.05, 3.63) is 12.4 Å². The molecule has 7 nitrogen and oxygen atoms in total. The van der Waals surface area contributed by atoms with Crippen molar-refractivity contribution in [2.24, 2.45) is 0 Å². The topological polar surface area (TPSA) is 76.9 Å². The fourth-order valence-corrected chi connectivity index (χ4v) is 3.18. The predicted octanol–water partition coefficient (Wildman–Crippen LogP) is 0.611. The van der Waals surface area contributed by atoms with Gasteiger partial charge in [-0.2, -0.15) is 0 Å². The predicted molar refractivity (Wildman–Crippen MR) is 94.9 cm³/mol. The van der Waals surface area contributed by atoms with E-state index >= 15 is 0 Å². The van der Waals surface area contributed by atoms with Crippen LogP contribution in [0.5, 0.6) is 6.01 Å². The summed E-state index contributed by atoms with van der Waals surface area (Å²) in [6, 6.07) is 0.676. The van der Waals surface area contributed by atoms with E-state index in [0.717, 1.165) is 24.8 Å². The molecule has 138 valence electrons. The lowest BCUT2D eigenvalue weighted by molar-refractivity contribution is 0.00578. The van der Waals surface area contributed by atoms with Crippen LogP contribution in [0.2, 0.25) is 0 Å². The lowest BCUT2D eigenvalue weighted by Gasteiger charge is -2.32. The Hall–Kier alpha value is -1.22. The van der Waals surface area contributed by atoms with Crippen molar-refractivity contribution >= 4 is 12.6 Å². The highest BCUT2D eigenvalue weighted by Gasteiger charge is 2.51. The number of likely N-dealkylation sites (tertiary alicyclic amines) is 1. The number of rotatable bonds is 6. The van der Waals surface area contributed by atoms with Gasteiger partial charge in [-0.15, -0.1) is 0 Å². The van der Waals surface area contributed by atoms with Gasteiger partial charge in [0.05, 0.1) is 17.8 Å². The monoisotopic (exact) mass is 349 g/mol. The van der Waals surface area contributed by atoms with Gasteiger partial charge in [-0.05, 0) is 47.1 Å². The largest absolute Gasteiger partial charge is 0.498 e. The Labute approximate surface area is 149 Å². The van der Waals surface area contributed by atoms with Crippen LogP contribution in [0, 0.1) is 0 Å². The molecule has 0 aliphatic carbocycles. The van der Waals surface area contributed by atoms with Crippen molar-refractivity contribution in [1.29, 1.82) is 0 Å². The van der Waals surface area contributed by atoms with E-state index in [1.807, 2.05) is 27.7 Å². The van der Waals surface area contributed by atoms with Gasteiger partial charge in [0.25, 0.3) is 0 Å². The van der Waals surface area contributed by atoms with E-state index in [4.69, 9.17) is 19.2 Å². The summed E-state index contributed by atoms with van der Waals surface area (Å²) in [5.74, 6) is 0. The summed E-state index contributed by atoms with van der Waals surface area (Å²) >= 11 is 0. The molecule has 8 heteroatoms. The van der Waals surface area contributed by atoms with Crippen molar-refractivity contribution in [1.82, 2.24) is 14.9 Å². The minimum atomic E-state index is -0.464. The quantitative estimate of drug-likeness (QED) is 0.754. The molecule has 1 aromatic rings. The Morgan fingerprint density at radius 2 is 1.88 bits per heavy atom. The number of ether oxygens (including phenoxy) is 1. The lowest BCUT2D eigenvalue weighted by Crippen LogP contribution is -2.41. The van der Waals surface area contributed by atoms with Crippen LogP contribution in [0.4, 0.5) is 0 Å². The van der Waals surface area contributed by atoms with Crippen molar-refractivity contribution in [2.45, 2.75) is 57.8 Å². The van der Waals surface area contributed by atoms with Crippen LogP contribution >= 0.6 is 0 Å². The summed E-state index contributed by atoms with van der Waals surface area (Å²) in [7, 11) is -0.464. The maximum absolute atomic E-state index is 9.11. The molecule has 0 amide bonds. The molecule has 0 unspecified atom stereocenters. The summed E-state index contributed by atoms with van der Waals surface area (Å²) < 4.78 is 17.7. The third-order valence-electron chi connectivity index (χ3n) is 5.46. The number of hydrogen-bond acceptors (Lipinski definition) is 7. The standard InChI is InChI=1S/C17H28BN3O4/c1-16(2)17(3,4)25-18(24-16)13-10-19-15(20-11-13)23-12-14-6-5-7-21(14)8-9-22/h10-11,14,22H,5-9,12H2,1-4H3/t14-/m0/s1. The molecule has 2 aliphatic rings. The molecule has 3 heterocycles. The molecule has 1 aromatic heterocycles. The summed E-state index contributed by atoms with van der Waals surface area (Å²) in [4.78, 5) is 10.8. The van der Waals surface area contributed by atoms with Gasteiger partial charge < -0.3 is 19.2 Å². The highest BCUT2D eigenvalue weighted by molar-refractivity contribution is 6.61. The first-order chi connectivity index (χ1) is 11.8. The van der Waals surface area contributed by atoms with Crippen LogP contribution in [-0.2, 0) is 9.31 Å². The highest BCUT2D eigenvalue weighted by Crippen LogP contribution is 2.36. The first-order valence-electron chi connectivity index (χ1n) is 8.98. The van der Waals surface area contributed by atoms with Crippen molar-refractivity contribution in [2.75, 3.05) is 26.3 Å². The number of nitrogens with zero attached hydrogens (tertiary/aromatic N) is 3. The minimum Gasteiger partial charge on any atom is -0.462 e. The van der Waals surface area contributed by atoms with E-state index in [1.54, 1.807) is 12.4 Å². The van der Waals surface area contributed by atoms with E-state index in [9.17, 15) is 0 Å². The molecular formula is C17H28BN3O4. The van der Waals surface area contributed by atoms with Gasteiger partial charge in [-0.25, -0.2) is 9.97 Å². The summed E-state index contributed by atoms with van der Waals surface area (Å²) in [5, 5.41) is 9.11. The zero-order valence-corrected chi connectivity index (χ0v) is 15.6. The Bertz CT molecular complexity index is 566. The number of aromatic nitrogens is 2. The van der Waals surface area contributed by atoms with Gasteiger partial charge in [0.15, 0.2) is 0 Å². The average molecular weight is 349 g/mol. The Morgan fingerprint density at radius 3 is 2.48 bits per heavy atom. The van der Waals surface area contributed by atoms with Crippen LogP contribution in [-0.4, -0.2) is 70.6 Å². The van der Waals surface area contributed by atoms with Crippen LogP contribution in [0.1, 0.15) is 40.5 Å². The maximum atomic E-state index is 9.11. The van der Waals surface area contributed by atoms with Gasteiger partial charge in [0.1, 0.15) is 6.61 Å². The number of aliphatic hydroxyl groups excluding tert-OH is 1. The molecule has 2 fully saturated rings. The Morgan fingerprint density at radius 1 is 1.24 bits per heavy atom. The van der Waals surface area contributed by atoms with Crippen LogP contribution in [0.15, 0.2) is 12.4 Å². The van der Waals surface area contributed by atoms with E-state index in [1.165, 1.54) is 0 Å². The SMILES string of the molecule is CC1(C)OB(c2cnc(OC[C@@H]3CCCN3CCO)nc2)OC1(C)C. The third kappa shape index (κ3) is 3.97. The lowest BCUT2D eigenvalue weighted by atomic mass is 9.81. The molecule has 25 heavy (non-hydrogen) atoms. The molecule has 2 aliphatic heterocycles. The van der Waals surface area contributed by atoms with E-state index in [2.05, 4.69) is 14.9 Å². The number of aliphatic hydroxyl groups is 1. The molecule has 0 saturated carbocycles. The van der Waals surface area contributed by atoms with Crippen LogP contribution < -0.4 is 10.2 Å². The number of hydrogen-bond donors (Lipinski definition) is 1. The molecule has 3 rings (SSSR count). The Kier molecular flexibility index (Phi) is 5.34. The summed E-state index contributed by atoms with van der Waals surface area (Å²) in [6.45, 7) is 10.5. The second-order valence-electron chi connectivity index (χ2n) is 7.75. The molecule has 0 aromatic carbocycles. The first-order valence-corrected chi connectivity index (χ1v) is 8.98. The second-order valence-corrected chi connectivity index (χ2v) is 7.75. The molecule has 1 N–H and O–H groups in total. The molecule has 2 saturated heterocycles. The van der Waals surface area contributed by atoms with Gasteiger partial charge in [-0.3, -0.25) is 4.90 Å². The van der Waals surface area contributed by atoms with E-state index in [-0.39, 0.29) is 17.8 Å². The van der Waals surface area contributed by atoms with Gasteiger partial charge in [0, 0.05) is 30.4 Å². The third-order valence-corrected chi connectivity index (χ3v) is 5.46. The molecule has 0 spiro atoms. The van der Waals surface area contributed by atoms with Gasteiger partial charge >= 0.3 is 13.1 Å². The molecular weight excluding hydrogens is 321 g/mol. The number of β-amino-alcohol motifs (C(OH)–C–C–N with tert-alkyl or cyclic N) is 1.